The number of halogens is 1. The van der Waals surface area contributed by atoms with Crippen LogP contribution in [0.5, 0.6) is 0 Å². The predicted molar refractivity (Wildman–Crippen MR) is 74.2 cm³/mol. The first kappa shape index (κ1) is 13.1. The van der Waals surface area contributed by atoms with Gasteiger partial charge in [-0.3, -0.25) is 0 Å². The average molecular weight is 254 g/mol. The van der Waals surface area contributed by atoms with Crippen molar-refractivity contribution < 1.29 is 4.39 Å². The molecule has 0 aromatic heterocycles. The van der Waals surface area contributed by atoms with Crippen LogP contribution in [0.25, 0.3) is 0 Å². The number of nitrogen functional groups attached to an aromatic ring is 1. The van der Waals surface area contributed by atoms with Gasteiger partial charge in [0.15, 0.2) is 0 Å². The van der Waals surface area contributed by atoms with Gasteiger partial charge in [-0.25, -0.2) is 4.39 Å². The molecule has 0 aliphatic rings. The first-order chi connectivity index (χ1) is 9.02. The molecule has 0 spiro atoms. The molecule has 2 aromatic rings. The summed E-state index contributed by atoms with van der Waals surface area (Å²) < 4.78 is 13.0. The molecule has 1 atom stereocenters. The van der Waals surface area contributed by atoms with Crippen molar-refractivity contribution >= 4 is 5.69 Å². The summed E-state index contributed by atoms with van der Waals surface area (Å²) in [5.41, 5.74) is 10.2. The van der Waals surface area contributed by atoms with E-state index in [9.17, 15) is 9.65 Å². The monoisotopic (exact) mass is 254 g/mol. The van der Waals surface area contributed by atoms with Crippen LogP contribution in [0, 0.1) is 31.0 Å². The summed E-state index contributed by atoms with van der Waals surface area (Å²) in [6, 6.07) is 12.1. The average Bonchev–Trinajstić information content (AvgIpc) is 2.35. The van der Waals surface area contributed by atoms with Crippen LogP contribution in [0.2, 0.25) is 0 Å². The highest BCUT2D eigenvalue weighted by atomic mass is 19.1. The van der Waals surface area contributed by atoms with E-state index in [-0.39, 0.29) is 5.82 Å². The van der Waals surface area contributed by atoms with Gasteiger partial charge in [0, 0.05) is 5.69 Å². The smallest absolute Gasteiger partial charge is 0.123 e. The fraction of sp³-hybridized carbons (Fsp3) is 0.188. The maximum absolute atomic E-state index is 13.0. The van der Waals surface area contributed by atoms with Crippen molar-refractivity contribution in [2.45, 2.75) is 19.8 Å². The van der Waals surface area contributed by atoms with Crippen LogP contribution in [0.15, 0.2) is 36.4 Å². The van der Waals surface area contributed by atoms with Crippen LogP contribution >= 0.6 is 0 Å². The normalized spacial score (nSPS) is 11.9. The fourth-order valence-electron chi connectivity index (χ4n) is 2.42. The van der Waals surface area contributed by atoms with Gasteiger partial charge in [-0.2, -0.15) is 5.26 Å². The van der Waals surface area contributed by atoms with E-state index in [1.807, 2.05) is 26.0 Å². The number of aryl methyl sites for hydroxylation is 2. The van der Waals surface area contributed by atoms with Crippen molar-refractivity contribution in [2.24, 2.45) is 0 Å². The van der Waals surface area contributed by atoms with E-state index in [2.05, 4.69) is 6.07 Å². The predicted octanol–water partition coefficient (Wildman–Crippen LogP) is 3.68. The molecule has 19 heavy (non-hydrogen) atoms. The zero-order valence-electron chi connectivity index (χ0n) is 10.9. The molecule has 2 rings (SSSR count). The standard InChI is InChI=1S/C16H15FN2/c1-10-7-14(19)8-11(2)16(10)15(9-18)12-3-5-13(17)6-4-12/h3-8,15H,19H2,1-2H3. The molecule has 0 fully saturated rings. The van der Waals surface area contributed by atoms with Gasteiger partial charge in [0.2, 0.25) is 0 Å². The number of hydrogen-bond donors (Lipinski definition) is 1. The number of hydrogen-bond acceptors (Lipinski definition) is 2. The molecule has 0 heterocycles. The van der Waals surface area contributed by atoms with Gasteiger partial charge in [0.1, 0.15) is 5.82 Å². The SMILES string of the molecule is Cc1cc(N)cc(C)c1C(C#N)c1ccc(F)cc1. The summed E-state index contributed by atoms with van der Waals surface area (Å²) in [5, 5.41) is 9.45. The Kier molecular flexibility index (Phi) is 3.52. The molecule has 0 bridgehead atoms. The topological polar surface area (TPSA) is 49.8 Å². The molecule has 1 unspecified atom stereocenters. The largest absolute Gasteiger partial charge is 0.399 e. The molecular weight excluding hydrogens is 239 g/mol. The Balaban J connectivity index is 2.55. The molecule has 2 aromatic carbocycles. The Hall–Kier alpha value is -2.34. The van der Waals surface area contributed by atoms with E-state index in [0.717, 1.165) is 22.3 Å². The van der Waals surface area contributed by atoms with Gasteiger partial charge in [-0.05, 0) is 60.4 Å². The lowest BCUT2D eigenvalue weighted by Crippen LogP contribution is -2.04. The van der Waals surface area contributed by atoms with Crippen LogP contribution in [0.3, 0.4) is 0 Å². The molecule has 2 nitrogen and oxygen atoms in total. The van der Waals surface area contributed by atoms with Gasteiger partial charge >= 0.3 is 0 Å². The second-order valence-corrected chi connectivity index (χ2v) is 4.68. The third-order valence-corrected chi connectivity index (χ3v) is 3.24. The van der Waals surface area contributed by atoms with Crippen molar-refractivity contribution in [3.8, 4) is 6.07 Å². The van der Waals surface area contributed by atoms with Crippen molar-refractivity contribution in [2.75, 3.05) is 5.73 Å². The Bertz CT molecular complexity index is 616. The second-order valence-electron chi connectivity index (χ2n) is 4.68. The van der Waals surface area contributed by atoms with Crippen LogP contribution in [0.1, 0.15) is 28.2 Å². The zero-order chi connectivity index (χ0) is 14.0. The molecule has 96 valence electrons. The minimum Gasteiger partial charge on any atom is -0.399 e. The van der Waals surface area contributed by atoms with Crippen LogP contribution in [-0.2, 0) is 0 Å². The summed E-state index contributed by atoms with van der Waals surface area (Å²) in [6.07, 6.45) is 0. The van der Waals surface area contributed by atoms with Gasteiger partial charge in [-0.15, -0.1) is 0 Å². The molecule has 0 saturated carbocycles. The number of nitrogens with two attached hydrogens (primary N) is 1. The summed E-state index contributed by atoms with van der Waals surface area (Å²) in [4.78, 5) is 0. The van der Waals surface area contributed by atoms with E-state index in [1.165, 1.54) is 12.1 Å². The maximum atomic E-state index is 13.0. The highest BCUT2D eigenvalue weighted by Crippen LogP contribution is 2.31. The number of benzene rings is 2. The molecule has 0 amide bonds. The zero-order valence-corrected chi connectivity index (χ0v) is 10.9. The molecule has 0 radical (unpaired) electrons. The van der Waals surface area contributed by atoms with Gasteiger partial charge in [0.05, 0.1) is 12.0 Å². The minimum absolute atomic E-state index is 0.300. The van der Waals surface area contributed by atoms with Crippen LogP contribution in [0.4, 0.5) is 10.1 Å². The quantitative estimate of drug-likeness (QED) is 0.831. The van der Waals surface area contributed by atoms with Crippen LogP contribution < -0.4 is 5.73 Å². The Morgan fingerprint density at radius 1 is 1.11 bits per heavy atom. The third kappa shape index (κ3) is 2.58. The van der Waals surface area contributed by atoms with Crippen LogP contribution in [-0.4, -0.2) is 0 Å². The molecule has 2 N–H and O–H groups in total. The molecule has 0 aliphatic heterocycles. The lowest BCUT2D eigenvalue weighted by molar-refractivity contribution is 0.627. The summed E-state index contributed by atoms with van der Waals surface area (Å²) in [6.45, 7) is 3.87. The van der Waals surface area contributed by atoms with E-state index in [0.29, 0.717) is 5.69 Å². The van der Waals surface area contributed by atoms with Gasteiger partial charge < -0.3 is 5.73 Å². The fourth-order valence-corrected chi connectivity index (χ4v) is 2.42. The lowest BCUT2D eigenvalue weighted by atomic mass is 9.86. The Labute approximate surface area is 112 Å². The Morgan fingerprint density at radius 3 is 2.11 bits per heavy atom. The highest BCUT2D eigenvalue weighted by Gasteiger charge is 2.18. The van der Waals surface area contributed by atoms with Crippen molar-refractivity contribution in [1.82, 2.24) is 0 Å². The van der Waals surface area contributed by atoms with Crippen molar-refractivity contribution in [3.63, 3.8) is 0 Å². The van der Waals surface area contributed by atoms with Gasteiger partial charge in [0.25, 0.3) is 0 Å². The van der Waals surface area contributed by atoms with E-state index >= 15 is 0 Å². The highest BCUT2D eigenvalue weighted by molar-refractivity contribution is 5.54. The Morgan fingerprint density at radius 2 is 1.63 bits per heavy atom. The van der Waals surface area contributed by atoms with Crippen molar-refractivity contribution in [3.05, 3.63) is 64.5 Å². The summed E-state index contributed by atoms with van der Waals surface area (Å²) >= 11 is 0. The van der Waals surface area contributed by atoms with Gasteiger partial charge in [-0.1, -0.05) is 12.1 Å². The van der Waals surface area contributed by atoms with E-state index in [4.69, 9.17) is 5.73 Å². The number of nitriles is 1. The maximum Gasteiger partial charge on any atom is 0.123 e. The van der Waals surface area contributed by atoms with Crippen molar-refractivity contribution in [1.29, 1.82) is 5.26 Å². The molecule has 0 saturated heterocycles. The number of nitrogens with zero attached hydrogens (tertiary/aromatic N) is 1. The first-order valence-corrected chi connectivity index (χ1v) is 6.04. The number of anilines is 1. The first-order valence-electron chi connectivity index (χ1n) is 6.04. The molecular formula is C16H15FN2. The summed E-state index contributed by atoms with van der Waals surface area (Å²) in [7, 11) is 0. The minimum atomic E-state index is -0.402. The van der Waals surface area contributed by atoms with E-state index in [1.54, 1.807) is 12.1 Å². The second kappa shape index (κ2) is 5.11. The lowest BCUT2D eigenvalue weighted by Gasteiger charge is -2.16. The number of rotatable bonds is 2. The van der Waals surface area contributed by atoms with E-state index < -0.39 is 5.92 Å². The summed E-state index contributed by atoms with van der Waals surface area (Å²) in [5.74, 6) is -0.701. The third-order valence-electron chi connectivity index (χ3n) is 3.24. The molecule has 0 aliphatic carbocycles. The molecule has 3 heteroatoms.